The summed E-state index contributed by atoms with van der Waals surface area (Å²) in [4.78, 5) is 16.3. The highest BCUT2D eigenvalue weighted by atomic mass is 16.2. The van der Waals surface area contributed by atoms with Gasteiger partial charge >= 0.3 is 0 Å². The van der Waals surface area contributed by atoms with Crippen LogP contribution < -0.4 is 5.32 Å². The van der Waals surface area contributed by atoms with Crippen LogP contribution in [0.4, 0.5) is 0 Å². The van der Waals surface area contributed by atoms with Gasteiger partial charge in [-0.25, -0.2) is 0 Å². The van der Waals surface area contributed by atoms with Crippen molar-refractivity contribution in [3.63, 3.8) is 0 Å². The fraction of sp³-hybridized carbons (Fsp3) is 0.867. The Morgan fingerprint density at radius 3 is 2.30 bits per heavy atom. The molecule has 1 heterocycles. The summed E-state index contributed by atoms with van der Waals surface area (Å²) >= 11 is 0. The molecule has 0 radical (unpaired) electrons. The van der Waals surface area contributed by atoms with Gasteiger partial charge in [-0.2, -0.15) is 5.26 Å². The van der Waals surface area contributed by atoms with E-state index >= 15 is 0 Å². The van der Waals surface area contributed by atoms with Crippen molar-refractivity contribution in [2.75, 3.05) is 32.7 Å². The number of carbonyl (C=O) groups excluding carboxylic acids is 1. The molecule has 114 valence electrons. The maximum Gasteiger partial charge on any atom is 0.234 e. The van der Waals surface area contributed by atoms with Gasteiger partial charge in [0.1, 0.15) is 0 Å². The van der Waals surface area contributed by atoms with Gasteiger partial charge in [-0.1, -0.05) is 20.8 Å². The van der Waals surface area contributed by atoms with Gasteiger partial charge in [0.05, 0.1) is 18.7 Å². The third-order valence-electron chi connectivity index (χ3n) is 4.14. The normalized spacial score (nSPS) is 20.4. The Kier molecular flexibility index (Phi) is 6.97. The molecule has 1 aliphatic heterocycles. The first-order chi connectivity index (χ1) is 9.47. The molecule has 1 aliphatic rings. The molecule has 0 aromatic rings. The maximum absolute atomic E-state index is 11.9. The van der Waals surface area contributed by atoms with E-state index in [0.29, 0.717) is 12.5 Å². The molecule has 2 unspecified atom stereocenters. The van der Waals surface area contributed by atoms with Crippen LogP contribution in [0.15, 0.2) is 0 Å². The second-order valence-electron chi connectivity index (χ2n) is 5.97. The summed E-state index contributed by atoms with van der Waals surface area (Å²) in [7, 11) is 0. The molecular formula is C15H28N4O. The molecular weight excluding hydrogens is 252 g/mol. The van der Waals surface area contributed by atoms with E-state index in [2.05, 4.69) is 35.0 Å². The Balaban J connectivity index is 2.32. The van der Waals surface area contributed by atoms with Crippen LogP contribution in [0.3, 0.4) is 0 Å². The molecule has 1 fully saturated rings. The minimum absolute atomic E-state index is 0.0203. The first-order valence-corrected chi connectivity index (χ1v) is 7.63. The van der Waals surface area contributed by atoms with E-state index in [-0.39, 0.29) is 18.0 Å². The lowest BCUT2D eigenvalue weighted by Crippen LogP contribution is -2.52. The number of nitriles is 1. The van der Waals surface area contributed by atoms with Gasteiger partial charge in [0.25, 0.3) is 0 Å². The molecule has 0 spiro atoms. The summed E-state index contributed by atoms with van der Waals surface area (Å²) in [5.74, 6) is 0.559. The Morgan fingerprint density at radius 1 is 1.25 bits per heavy atom. The lowest BCUT2D eigenvalue weighted by Gasteiger charge is -2.36. The topological polar surface area (TPSA) is 59.4 Å². The number of hydrogen-bond donors (Lipinski definition) is 1. The maximum atomic E-state index is 11.9. The Morgan fingerprint density at radius 2 is 1.85 bits per heavy atom. The summed E-state index contributed by atoms with van der Waals surface area (Å²) in [5.41, 5.74) is 0. The molecule has 5 heteroatoms. The van der Waals surface area contributed by atoms with Crippen molar-refractivity contribution in [3.05, 3.63) is 0 Å². The lowest BCUT2D eigenvalue weighted by molar-refractivity contribution is -0.123. The highest BCUT2D eigenvalue weighted by molar-refractivity contribution is 5.78. The summed E-state index contributed by atoms with van der Waals surface area (Å²) < 4.78 is 0. The van der Waals surface area contributed by atoms with Crippen LogP contribution in [0.2, 0.25) is 0 Å². The van der Waals surface area contributed by atoms with E-state index in [4.69, 9.17) is 5.26 Å². The van der Waals surface area contributed by atoms with Gasteiger partial charge in [-0.05, 0) is 19.3 Å². The van der Waals surface area contributed by atoms with E-state index in [1.165, 1.54) is 0 Å². The van der Waals surface area contributed by atoms with Gasteiger partial charge in [0.2, 0.25) is 5.91 Å². The molecule has 20 heavy (non-hydrogen) atoms. The van der Waals surface area contributed by atoms with Gasteiger partial charge < -0.3 is 5.32 Å². The standard InChI is InChI=1S/C15H28N4O/c1-5-14(10-16)19-8-6-18(7-9-19)11-15(20)17-13(4)12(2)3/h12-14H,5-9,11H2,1-4H3,(H,17,20). The number of piperazine rings is 1. The third-order valence-corrected chi connectivity index (χ3v) is 4.14. The molecule has 0 bridgehead atoms. The monoisotopic (exact) mass is 280 g/mol. The van der Waals surface area contributed by atoms with Crippen LogP contribution >= 0.6 is 0 Å². The van der Waals surface area contributed by atoms with Gasteiger partial charge in [-0.3, -0.25) is 14.6 Å². The van der Waals surface area contributed by atoms with Crippen molar-refractivity contribution < 1.29 is 4.79 Å². The second kappa shape index (κ2) is 8.23. The van der Waals surface area contributed by atoms with Crippen molar-refractivity contribution in [2.24, 2.45) is 5.92 Å². The van der Waals surface area contributed by atoms with Crippen LogP contribution in [0, 0.1) is 17.2 Å². The van der Waals surface area contributed by atoms with E-state index in [0.717, 1.165) is 32.6 Å². The van der Waals surface area contributed by atoms with Crippen molar-refractivity contribution in [3.8, 4) is 6.07 Å². The zero-order valence-electron chi connectivity index (χ0n) is 13.2. The fourth-order valence-corrected chi connectivity index (χ4v) is 2.33. The van der Waals surface area contributed by atoms with E-state index in [9.17, 15) is 4.79 Å². The van der Waals surface area contributed by atoms with Crippen LogP contribution in [0.1, 0.15) is 34.1 Å². The summed E-state index contributed by atoms with van der Waals surface area (Å²) in [5, 5.41) is 12.1. The Labute approximate surface area is 122 Å². The molecule has 2 atom stereocenters. The number of amides is 1. The summed E-state index contributed by atoms with van der Waals surface area (Å²) in [6, 6.07) is 2.58. The molecule has 0 aromatic carbocycles. The molecule has 1 rings (SSSR count). The second-order valence-corrected chi connectivity index (χ2v) is 5.97. The average molecular weight is 280 g/mol. The van der Waals surface area contributed by atoms with Crippen molar-refractivity contribution in [1.82, 2.24) is 15.1 Å². The first kappa shape index (κ1) is 16.9. The highest BCUT2D eigenvalue weighted by Gasteiger charge is 2.23. The molecule has 1 amide bonds. The number of rotatable bonds is 6. The van der Waals surface area contributed by atoms with Crippen molar-refractivity contribution in [2.45, 2.75) is 46.2 Å². The van der Waals surface area contributed by atoms with Crippen molar-refractivity contribution >= 4 is 5.91 Å². The van der Waals surface area contributed by atoms with E-state index in [1.54, 1.807) is 0 Å². The molecule has 5 nitrogen and oxygen atoms in total. The highest BCUT2D eigenvalue weighted by Crippen LogP contribution is 2.08. The number of nitrogens with one attached hydrogen (secondary N) is 1. The zero-order chi connectivity index (χ0) is 15.1. The van der Waals surface area contributed by atoms with Gasteiger partial charge in [0.15, 0.2) is 0 Å². The number of hydrogen-bond acceptors (Lipinski definition) is 4. The molecule has 1 saturated heterocycles. The van der Waals surface area contributed by atoms with Gasteiger partial charge in [-0.15, -0.1) is 0 Å². The Bertz CT molecular complexity index is 342. The molecule has 0 aliphatic carbocycles. The predicted octanol–water partition coefficient (Wildman–Crippen LogP) is 1.07. The smallest absolute Gasteiger partial charge is 0.234 e. The van der Waals surface area contributed by atoms with Crippen LogP contribution in [0.5, 0.6) is 0 Å². The number of nitrogens with zero attached hydrogens (tertiary/aromatic N) is 3. The SMILES string of the molecule is CCC(C#N)N1CCN(CC(=O)NC(C)C(C)C)CC1. The minimum Gasteiger partial charge on any atom is -0.352 e. The predicted molar refractivity (Wildman–Crippen MR) is 80.1 cm³/mol. The third kappa shape index (κ3) is 5.10. The van der Waals surface area contributed by atoms with E-state index in [1.807, 2.05) is 13.8 Å². The van der Waals surface area contributed by atoms with Crippen LogP contribution in [-0.4, -0.2) is 60.5 Å². The summed E-state index contributed by atoms with van der Waals surface area (Å²) in [6.45, 7) is 12.2. The van der Waals surface area contributed by atoms with Crippen molar-refractivity contribution in [1.29, 1.82) is 5.26 Å². The molecule has 0 aromatic heterocycles. The van der Waals surface area contributed by atoms with Gasteiger partial charge in [0, 0.05) is 32.2 Å². The number of carbonyl (C=O) groups is 1. The largest absolute Gasteiger partial charge is 0.352 e. The van der Waals surface area contributed by atoms with Crippen LogP contribution in [-0.2, 0) is 4.79 Å². The molecule has 0 saturated carbocycles. The average Bonchev–Trinajstić information content (AvgIpc) is 2.41. The van der Waals surface area contributed by atoms with Crippen LogP contribution in [0.25, 0.3) is 0 Å². The quantitative estimate of drug-likeness (QED) is 0.790. The zero-order valence-corrected chi connectivity index (χ0v) is 13.2. The summed E-state index contributed by atoms with van der Waals surface area (Å²) in [6.07, 6.45) is 0.864. The Hall–Kier alpha value is -1.12. The lowest BCUT2D eigenvalue weighted by atomic mass is 10.1. The first-order valence-electron chi connectivity index (χ1n) is 7.63. The molecule has 1 N–H and O–H groups in total. The van der Waals surface area contributed by atoms with E-state index < -0.39 is 0 Å². The minimum atomic E-state index is 0.0203. The fourth-order valence-electron chi connectivity index (χ4n) is 2.33.